The van der Waals surface area contributed by atoms with Gasteiger partial charge >= 0.3 is 0 Å². The quantitative estimate of drug-likeness (QED) is 0.515. The van der Waals surface area contributed by atoms with E-state index in [1.165, 1.54) is 17.7 Å². The highest BCUT2D eigenvalue weighted by Gasteiger charge is 1.61. The van der Waals surface area contributed by atoms with Crippen molar-refractivity contribution in [1.29, 1.82) is 0 Å². The van der Waals surface area contributed by atoms with Crippen LogP contribution in [0, 0.1) is 0 Å². The topological polar surface area (TPSA) is 119 Å². The van der Waals surface area contributed by atoms with Crippen molar-refractivity contribution < 1.29 is 0 Å². The Labute approximate surface area is 130 Å². The second kappa shape index (κ2) is 14.3. The summed E-state index contributed by atoms with van der Waals surface area (Å²) in [5, 5.41) is 26.1. The lowest BCUT2D eigenvalue weighted by molar-refractivity contribution is 0.881. The van der Waals surface area contributed by atoms with E-state index >= 15 is 0 Å². The van der Waals surface area contributed by atoms with Crippen LogP contribution in [-0.4, -0.2) is 46.0 Å². The molecule has 112 valence electrons. The minimum Gasteiger partial charge on any atom is -0.265 e. The second-order valence-electron chi connectivity index (χ2n) is 3.08. The number of aromatic nitrogens is 9. The molecule has 4 heterocycles. The molecule has 4 aromatic rings. The molecule has 0 atom stereocenters. The maximum Gasteiger partial charge on any atom is 0.135 e. The van der Waals surface area contributed by atoms with E-state index in [0.717, 1.165) is 0 Å². The summed E-state index contributed by atoms with van der Waals surface area (Å²) in [7, 11) is 0. The summed E-state index contributed by atoms with van der Waals surface area (Å²) in [4.78, 5) is 3.78. The molecule has 10 heteroatoms. The molecule has 0 saturated carbocycles. The van der Waals surface area contributed by atoms with Crippen LogP contribution in [0.15, 0.2) is 72.5 Å². The minimum atomic E-state index is 1.40. The van der Waals surface area contributed by atoms with Gasteiger partial charge in [-0.1, -0.05) is 6.07 Å². The van der Waals surface area contributed by atoms with Crippen molar-refractivity contribution in [3.05, 3.63) is 72.5 Å². The standard InChI is InChI=1S/C5H5N.C4H4N2.C2H2N2S.CH2N4/c2*1-2-4-6-5-3-1;1-3-4-2-5-1;1-2-4-5-3-1/h1-5H;1-4H;1-2H;1H,(H,2,3,4,5). The van der Waals surface area contributed by atoms with Crippen LogP contribution in [0.3, 0.4) is 0 Å². The number of pyridine rings is 1. The van der Waals surface area contributed by atoms with Crippen molar-refractivity contribution in [3.63, 3.8) is 0 Å². The molecule has 0 unspecified atom stereocenters. The third kappa shape index (κ3) is 11.9. The molecule has 0 aromatic carbocycles. The van der Waals surface area contributed by atoms with E-state index in [1.807, 2.05) is 30.3 Å². The largest absolute Gasteiger partial charge is 0.265 e. The van der Waals surface area contributed by atoms with Gasteiger partial charge in [0, 0.05) is 24.8 Å². The van der Waals surface area contributed by atoms with Gasteiger partial charge in [-0.2, -0.15) is 10.2 Å². The van der Waals surface area contributed by atoms with Gasteiger partial charge in [0.15, 0.2) is 0 Å². The summed E-state index contributed by atoms with van der Waals surface area (Å²) < 4.78 is 0. The van der Waals surface area contributed by atoms with Gasteiger partial charge < -0.3 is 0 Å². The molecule has 0 radical (unpaired) electrons. The van der Waals surface area contributed by atoms with E-state index in [1.54, 1.807) is 35.8 Å². The summed E-state index contributed by atoms with van der Waals surface area (Å²) in [6.07, 6.45) is 8.18. The zero-order chi connectivity index (χ0) is 15.6. The first-order valence-electron chi connectivity index (χ1n) is 5.92. The molecular formula is C12H13N9S. The smallest absolute Gasteiger partial charge is 0.135 e. The third-order valence-electron chi connectivity index (χ3n) is 1.60. The minimum absolute atomic E-state index is 1.40. The molecule has 0 saturated heterocycles. The number of rotatable bonds is 0. The van der Waals surface area contributed by atoms with Gasteiger partial charge in [0.1, 0.15) is 17.3 Å². The average molecular weight is 315 g/mol. The highest BCUT2D eigenvalue weighted by atomic mass is 32.1. The van der Waals surface area contributed by atoms with E-state index in [0.29, 0.717) is 0 Å². The molecule has 0 aliphatic rings. The number of nitrogens with zero attached hydrogens (tertiary/aromatic N) is 8. The van der Waals surface area contributed by atoms with Crippen LogP contribution in [0.5, 0.6) is 0 Å². The Hall–Kier alpha value is -3.14. The van der Waals surface area contributed by atoms with Gasteiger partial charge in [-0.25, -0.2) is 5.10 Å². The van der Waals surface area contributed by atoms with Gasteiger partial charge in [-0.05, 0) is 34.7 Å². The van der Waals surface area contributed by atoms with Crippen LogP contribution in [0.2, 0.25) is 0 Å². The molecule has 4 rings (SSSR count). The van der Waals surface area contributed by atoms with Crippen LogP contribution in [0.1, 0.15) is 0 Å². The van der Waals surface area contributed by atoms with Crippen LogP contribution in [-0.2, 0) is 0 Å². The van der Waals surface area contributed by atoms with Gasteiger partial charge in [0.2, 0.25) is 0 Å². The first-order valence-corrected chi connectivity index (χ1v) is 6.87. The first kappa shape index (κ1) is 16.9. The van der Waals surface area contributed by atoms with Gasteiger partial charge in [-0.15, -0.1) is 26.6 Å². The molecule has 9 nitrogen and oxygen atoms in total. The lowest BCUT2D eigenvalue weighted by Gasteiger charge is -1.70. The van der Waals surface area contributed by atoms with Gasteiger partial charge in [0.05, 0.1) is 0 Å². The number of aromatic amines is 1. The molecule has 0 aliphatic heterocycles. The van der Waals surface area contributed by atoms with E-state index in [2.05, 4.69) is 46.0 Å². The van der Waals surface area contributed by atoms with Crippen molar-refractivity contribution >= 4 is 11.3 Å². The fourth-order valence-corrected chi connectivity index (χ4v) is 1.10. The molecule has 4 aromatic heterocycles. The van der Waals surface area contributed by atoms with E-state index in [4.69, 9.17) is 0 Å². The number of H-pyrrole nitrogens is 1. The fourth-order valence-electron chi connectivity index (χ4n) is 0.831. The van der Waals surface area contributed by atoms with Crippen LogP contribution >= 0.6 is 11.3 Å². The van der Waals surface area contributed by atoms with Crippen molar-refractivity contribution in [2.75, 3.05) is 0 Å². The van der Waals surface area contributed by atoms with Crippen LogP contribution in [0.25, 0.3) is 0 Å². The maximum absolute atomic E-state index is 3.78. The molecule has 1 N–H and O–H groups in total. The Morgan fingerprint density at radius 1 is 0.636 bits per heavy atom. The van der Waals surface area contributed by atoms with E-state index in [-0.39, 0.29) is 0 Å². The predicted octanol–water partition coefficient (Wildman–Crippen LogP) is 1.30. The second-order valence-corrected chi connectivity index (χ2v) is 3.77. The van der Waals surface area contributed by atoms with Gasteiger partial charge in [0.25, 0.3) is 0 Å². The Balaban J connectivity index is 0.000000147. The average Bonchev–Trinajstić information content (AvgIpc) is 3.37. The van der Waals surface area contributed by atoms with Crippen molar-refractivity contribution in [3.8, 4) is 0 Å². The molecule has 0 amide bonds. The van der Waals surface area contributed by atoms with Crippen LogP contribution in [0.4, 0.5) is 0 Å². The van der Waals surface area contributed by atoms with Crippen molar-refractivity contribution in [2.45, 2.75) is 0 Å². The van der Waals surface area contributed by atoms with E-state index < -0.39 is 0 Å². The molecule has 0 fully saturated rings. The Bertz CT molecular complexity index is 456. The van der Waals surface area contributed by atoms with E-state index in [9.17, 15) is 0 Å². The zero-order valence-corrected chi connectivity index (χ0v) is 12.2. The monoisotopic (exact) mass is 315 g/mol. The summed E-state index contributed by atoms with van der Waals surface area (Å²) >= 11 is 1.49. The SMILES string of the molecule is c1ccncc1.c1ccnnc1.c1nncs1.c1nnn[nH]1. The fraction of sp³-hybridized carbons (Fsp3) is 0. The number of hydrogen-bond donors (Lipinski definition) is 1. The highest BCUT2D eigenvalue weighted by molar-refractivity contribution is 7.07. The summed E-state index contributed by atoms with van der Waals surface area (Å²) in [5.41, 5.74) is 3.36. The Kier molecular flexibility index (Phi) is 11.0. The normalized spacial score (nSPS) is 8.00. The summed E-state index contributed by atoms with van der Waals surface area (Å²) in [6, 6.07) is 9.37. The van der Waals surface area contributed by atoms with Crippen LogP contribution < -0.4 is 0 Å². The number of tetrazole rings is 1. The zero-order valence-electron chi connectivity index (χ0n) is 11.4. The highest BCUT2D eigenvalue weighted by Crippen LogP contribution is 1.80. The van der Waals surface area contributed by atoms with Crippen molar-refractivity contribution in [2.24, 2.45) is 0 Å². The maximum atomic E-state index is 3.78. The lowest BCUT2D eigenvalue weighted by atomic mass is 10.5. The van der Waals surface area contributed by atoms with Crippen molar-refractivity contribution in [1.82, 2.24) is 46.0 Å². The summed E-state index contributed by atoms with van der Waals surface area (Å²) in [6.45, 7) is 0. The lowest BCUT2D eigenvalue weighted by Crippen LogP contribution is -1.69. The number of hydrogen-bond acceptors (Lipinski definition) is 9. The molecule has 0 aliphatic carbocycles. The molecule has 0 bridgehead atoms. The Morgan fingerprint density at radius 3 is 1.45 bits per heavy atom. The third-order valence-corrected chi connectivity index (χ3v) is 2.03. The molecule has 22 heavy (non-hydrogen) atoms. The van der Waals surface area contributed by atoms with Gasteiger partial charge in [-0.3, -0.25) is 4.98 Å². The first-order chi connectivity index (χ1) is 11.0. The Morgan fingerprint density at radius 2 is 1.27 bits per heavy atom. The summed E-state index contributed by atoms with van der Waals surface area (Å²) in [5.74, 6) is 0. The predicted molar refractivity (Wildman–Crippen MR) is 80.4 cm³/mol. The molecular weight excluding hydrogens is 302 g/mol. The molecule has 0 spiro atoms. The number of nitrogens with one attached hydrogen (secondary N) is 1.